The average Bonchev–Trinajstić information content (AvgIpc) is 3.81. The number of aliphatic hydroxyl groups is 1. The van der Waals surface area contributed by atoms with E-state index in [1.54, 1.807) is 45.6 Å². The van der Waals surface area contributed by atoms with Gasteiger partial charge in [-0.3, -0.25) is 4.79 Å². The van der Waals surface area contributed by atoms with Gasteiger partial charge in [-0.05, 0) is 73.1 Å². The van der Waals surface area contributed by atoms with E-state index in [1.807, 2.05) is 17.0 Å². The lowest BCUT2D eigenvalue weighted by Gasteiger charge is -2.45. The second-order valence-electron chi connectivity index (χ2n) is 10.8. The molecule has 1 saturated carbocycles. The molecule has 2 aromatic rings. The van der Waals surface area contributed by atoms with Crippen molar-refractivity contribution in [2.75, 3.05) is 54.2 Å². The van der Waals surface area contributed by atoms with E-state index < -0.39 is 17.6 Å². The van der Waals surface area contributed by atoms with Gasteiger partial charge in [0.2, 0.25) is 5.91 Å². The van der Waals surface area contributed by atoms with Crippen LogP contribution in [0, 0.1) is 5.92 Å². The smallest absolute Gasteiger partial charge is 0.407 e. The van der Waals surface area contributed by atoms with Crippen molar-refractivity contribution >= 4 is 12.0 Å². The van der Waals surface area contributed by atoms with Gasteiger partial charge in [0.25, 0.3) is 0 Å². The minimum absolute atomic E-state index is 0.0345. The molecule has 1 aliphatic carbocycles. The van der Waals surface area contributed by atoms with Gasteiger partial charge in [0, 0.05) is 46.5 Å². The summed E-state index contributed by atoms with van der Waals surface area (Å²) in [5.74, 6) is 0.0451. The minimum Gasteiger partial charge on any atom is -0.497 e. The fourth-order valence-corrected chi connectivity index (χ4v) is 5.52. The Morgan fingerprint density at radius 3 is 2.44 bits per heavy atom. The van der Waals surface area contributed by atoms with Crippen LogP contribution in [0.1, 0.15) is 42.4 Å². The molecule has 2 amide bonds. The molecule has 10 nitrogen and oxygen atoms in total. The highest BCUT2D eigenvalue weighted by Gasteiger charge is 2.50. The van der Waals surface area contributed by atoms with E-state index in [-0.39, 0.29) is 31.5 Å². The van der Waals surface area contributed by atoms with Crippen molar-refractivity contribution in [2.24, 2.45) is 5.92 Å². The number of methoxy groups -OCH3 is 3. The topological polar surface area (TPSA) is 118 Å². The van der Waals surface area contributed by atoms with Crippen LogP contribution in [0.2, 0.25) is 0 Å². The molecule has 2 aliphatic rings. The highest BCUT2D eigenvalue weighted by Crippen LogP contribution is 2.42. The highest BCUT2D eigenvalue weighted by molar-refractivity contribution is 5.82. The van der Waals surface area contributed by atoms with E-state index in [0.717, 1.165) is 36.8 Å². The molecule has 0 unspecified atom stereocenters. The Balaban J connectivity index is 1.64. The summed E-state index contributed by atoms with van der Waals surface area (Å²) >= 11 is 0. The molecular formula is C31H42N2O8. The summed E-state index contributed by atoms with van der Waals surface area (Å²) in [6.45, 7) is 1.88. The third kappa shape index (κ3) is 7.69. The molecule has 1 saturated heterocycles. The maximum absolute atomic E-state index is 14.3. The SMILES string of the molecule is COCCCc1cc(CN(C(=O)[C@H]2CN(C(=O)O)CC[C@]2(O)c2cccc(OC)c2)C2CC2)cc(OCCOC)c1. The zero-order chi connectivity index (χ0) is 29.4. The summed E-state index contributed by atoms with van der Waals surface area (Å²) in [6.07, 6.45) is 2.38. The first kappa shape index (κ1) is 30.6. The predicted molar refractivity (Wildman–Crippen MR) is 152 cm³/mol. The number of carbonyl (C=O) groups excluding carboxylic acids is 1. The number of hydrogen-bond acceptors (Lipinski definition) is 7. The first-order valence-corrected chi connectivity index (χ1v) is 14.2. The summed E-state index contributed by atoms with van der Waals surface area (Å²) in [5, 5.41) is 21.8. The van der Waals surface area contributed by atoms with Crippen molar-refractivity contribution in [1.82, 2.24) is 9.80 Å². The number of rotatable bonds is 14. The first-order chi connectivity index (χ1) is 19.8. The van der Waals surface area contributed by atoms with E-state index in [1.165, 1.54) is 4.90 Å². The van der Waals surface area contributed by atoms with Crippen LogP contribution in [-0.2, 0) is 32.8 Å². The summed E-state index contributed by atoms with van der Waals surface area (Å²) in [7, 11) is 4.85. The van der Waals surface area contributed by atoms with Gasteiger partial charge in [0.05, 0.1) is 19.6 Å². The standard InChI is InChI=1S/C31H42N2O8/c1-38-13-5-6-22-16-23(18-27(17-22)41-15-14-39-2)20-33(25-9-10-25)29(34)28-21-32(30(35)36)12-11-31(28,37)24-7-4-8-26(19-24)40-3/h4,7-8,16-19,25,28,37H,5-6,9-15,20-21H2,1-3H3,(H,35,36)/t28-,31+/m1/s1. The van der Waals surface area contributed by atoms with Crippen molar-refractivity contribution < 1.29 is 38.7 Å². The monoisotopic (exact) mass is 570 g/mol. The molecule has 4 rings (SSSR count). The largest absolute Gasteiger partial charge is 0.497 e. The number of aryl methyl sites for hydroxylation is 1. The number of piperidine rings is 1. The van der Waals surface area contributed by atoms with Gasteiger partial charge >= 0.3 is 6.09 Å². The second kappa shape index (κ2) is 14.0. The van der Waals surface area contributed by atoms with Crippen LogP contribution in [0.5, 0.6) is 11.5 Å². The maximum Gasteiger partial charge on any atom is 0.407 e. The molecule has 1 aliphatic heterocycles. The van der Waals surface area contributed by atoms with E-state index >= 15 is 0 Å². The van der Waals surface area contributed by atoms with E-state index in [2.05, 4.69) is 6.07 Å². The Bertz CT molecular complexity index is 1160. The molecule has 1 heterocycles. The molecule has 2 aromatic carbocycles. The molecular weight excluding hydrogens is 528 g/mol. The highest BCUT2D eigenvalue weighted by atomic mass is 16.5. The summed E-state index contributed by atoms with van der Waals surface area (Å²) in [4.78, 5) is 29.3. The number of carboxylic acid groups (broad SMARTS) is 1. The Morgan fingerprint density at radius 2 is 1.76 bits per heavy atom. The average molecular weight is 571 g/mol. The van der Waals surface area contributed by atoms with Crippen LogP contribution in [0.25, 0.3) is 0 Å². The lowest BCUT2D eigenvalue weighted by atomic mass is 9.75. The fourth-order valence-electron chi connectivity index (χ4n) is 5.52. The zero-order valence-electron chi connectivity index (χ0n) is 24.2. The number of likely N-dealkylation sites (tertiary alicyclic amines) is 1. The van der Waals surface area contributed by atoms with E-state index in [0.29, 0.717) is 43.4 Å². The molecule has 2 N–H and O–H groups in total. The predicted octanol–water partition coefficient (Wildman–Crippen LogP) is 3.68. The molecule has 0 radical (unpaired) electrons. The molecule has 224 valence electrons. The molecule has 0 aromatic heterocycles. The molecule has 0 spiro atoms. The van der Waals surface area contributed by atoms with Gasteiger partial charge in [0.1, 0.15) is 23.7 Å². The Kier molecular flexibility index (Phi) is 10.5. The Hall–Kier alpha value is -3.34. The van der Waals surface area contributed by atoms with E-state index in [4.69, 9.17) is 18.9 Å². The molecule has 2 fully saturated rings. The molecule has 0 bridgehead atoms. The summed E-state index contributed by atoms with van der Waals surface area (Å²) in [6, 6.07) is 13.1. The zero-order valence-corrected chi connectivity index (χ0v) is 24.2. The van der Waals surface area contributed by atoms with Crippen LogP contribution >= 0.6 is 0 Å². The molecule has 2 atom stereocenters. The van der Waals surface area contributed by atoms with Gasteiger partial charge in [-0.25, -0.2) is 4.79 Å². The Morgan fingerprint density at radius 1 is 1.00 bits per heavy atom. The van der Waals surface area contributed by atoms with Gasteiger partial charge in [-0.2, -0.15) is 0 Å². The van der Waals surface area contributed by atoms with Crippen molar-refractivity contribution in [3.63, 3.8) is 0 Å². The number of nitrogens with zero attached hydrogens (tertiary/aromatic N) is 2. The third-order valence-corrected chi connectivity index (χ3v) is 7.90. The number of ether oxygens (including phenoxy) is 4. The second-order valence-corrected chi connectivity index (χ2v) is 10.8. The van der Waals surface area contributed by atoms with Crippen LogP contribution in [0.3, 0.4) is 0 Å². The minimum atomic E-state index is -1.54. The lowest BCUT2D eigenvalue weighted by molar-refractivity contribution is -0.154. The van der Waals surface area contributed by atoms with Crippen LogP contribution in [0.15, 0.2) is 42.5 Å². The number of amides is 2. The van der Waals surface area contributed by atoms with Crippen LogP contribution in [0.4, 0.5) is 4.79 Å². The van der Waals surface area contributed by atoms with Crippen molar-refractivity contribution in [2.45, 2.75) is 50.3 Å². The molecule has 41 heavy (non-hydrogen) atoms. The normalized spacial score (nSPS) is 20.5. The molecule has 10 heteroatoms. The van der Waals surface area contributed by atoms with Crippen molar-refractivity contribution in [1.29, 1.82) is 0 Å². The van der Waals surface area contributed by atoms with Gasteiger partial charge < -0.3 is 39.0 Å². The van der Waals surface area contributed by atoms with Gasteiger partial charge in [-0.15, -0.1) is 0 Å². The van der Waals surface area contributed by atoms with Crippen LogP contribution < -0.4 is 9.47 Å². The quantitative estimate of drug-likeness (QED) is 0.331. The van der Waals surface area contributed by atoms with E-state index in [9.17, 15) is 19.8 Å². The number of carbonyl (C=O) groups is 2. The van der Waals surface area contributed by atoms with Crippen molar-refractivity contribution in [3.8, 4) is 11.5 Å². The maximum atomic E-state index is 14.3. The van der Waals surface area contributed by atoms with Gasteiger partial charge in [-0.1, -0.05) is 18.2 Å². The summed E-state index contributed by atoms with van der Waals surface area (Å²) in [5.41, 5.74) is 1.01. The van der Waals surface area contributed by atoms with Gasteiger partial charge in [0.15, 0.2) is 0 Å². The fraction of sp³-hybridized carbons (Fsp3) is 0.548. The first-order valence-electron chi connectivity index (χ1n) is 14.2. The lowest BCUT2D eigenvalue weighted by Crippen LogP contribution is -2.57. The van der Waals surface area contributed by atoms with Crippen molar-refractivity contribution in [3.05, 3.63) is 59.2 Å². The third-order valence-electron chi connectivity index (χ3n) is 7.90. The number of benzene rings is 2. The summed E-state index contributed by atoms with van der Waals surface area (Å²) < 4.78 is 21.7. The Labute approximate surface area is 241 Å². The van der Waals surface area contributed by atoms with Crippen LogP contribution in [-0.4, -0.2) is 92.3 Å². The number of hydrogen-bond donors (Lipinski definition) is 2.